The highest BCUT2D eigenvalue weighted by Gasteiger charge is 2.18. The summed E-state index contributed by atoms with van der Waals surface area (Å²) in [5.41, 5.74) is 1.04. The quantitative estimate of drug-likeness (QED) is 0.859. The van der Waals surface area contributed by atoms with Crippen LogP contribution in [0.5, 0.6) is 11.5 Å². The smallest absolute Gasteiger partial charge is 0.261 e. The molecular formula is C18H21ClN2O3S. The first-order valence-electron chi connectivity index (χ1n) is 8.31. The number of hydrogen-bond acceptors (Lipinski definition) is 5. The van der Waals surface area contributed by atoms with E-state index < -0.39 is 0 Å². The van der Waals surface area contributed by atoms with Crippen LogP contribution in [-0.4, -0.2) is 38.3 Å². The molecule has 25 heavy (non-hydrogen) atoms. The maximum absolute atomic E-state index is 12.4. The van der Waals surface area contributed by atoms with E-state index in [0.29, 0.717) is 13.2 Å². The molecule has 1 fully saturated rings. The van der Waals surface area contributed by atoms with Crippen LogP contribution in [0, 0.1) is 0 Å². The topological polar surface area (TPSA) is 59.6 Å². The normalized spacial score (nSPS) is 19.0. The number of fused-ring (bicyclic) bond motifs is 1. The van der Waals surface area contributed by atoms with E-state index in [4.69, 9.17) is 9.47 Å². The van der Waals surface area contributed by atoms with Gasteiger partial charge in [-0.25, -0.2) is 0 Å². The zero-order valence-corrected chi connectivity index (χ0v) is 15.4. The average Bonchev–Trinajstić information content (AvgIpc) is 3.12. The number of amides is 1. The second-order valence-corrected chi connectivity index (χ2v) is 7.12. The summed E-state index contributed by atoms with van der Waals surface area (Å²) in [7, 11) is 0. The Hall–Kier alpha value is -1.76. The molecule has 2 aromatic rings. The van der Waals surface area contributed by atoms with E-state index in [1.807, 2.05) is 30.3 Å². The van der Waals surface area contributed by atoms with E-state index in [-0.39, 0.29) is 24.4 Å². The lowest BCUT2D eigenvalue weighted by molar-refractivity contribution is 0.0935. The van der Waals surface area contributed by atoms with Crippen molar-refractivity contribution in [3.63, 3.8) is 0 Å². The number of hydrogen-bond donors (Lipinski definition) is 2. The van der Waals surface area contributed by atoms with Crippen LogP contribution in [-0.2, 0) is 0 Å². The fraction of sp³-hybridized carbons (Fsp3) is 0.389. The van der Waals surface area contributed by atoms with E-state index in [2.05, 4.69) is 10.6 Å². The lowest BCUT2D eigenvalue weighted by Crippen LogP contribution is -2.45. The van der Waals surface area contributed by atoms with Gasteiger partial charge in [-0.2, -0.15) is 0 Å². The molecule has 2 aliphatic rings. The molecule has 1 unspecified atom stereocenters. The summed E-state index contributed by atoms with van der Waals surface area (Å²) >= 11 is 1.50. The molecule has 1 atom stereocenters. The van der Waals surface area contributed by atoms with Gasteiger partial charge in [-0.15, -0.1) is 23.7 Å². The number of nitrogens with one attached hydrogen (secondary N) is 2. The molecule has 5 nitrogen and oxygen atoms in total. The third kappa shape index (κ3) is 4.08. The Kier molecular flexibility index (Phi) is 5.83. The van der Waals surface area contributed by atoms with Crippen molar-refractivity contribution in [1.29, 1.82) is 0 Å². The zero-order valence-electron chi connectivity index (χ0n) is 13.7. The van der Waals surface area contributed by atoms with Crippen molar-refractivity contribution in [2.75, 3.05) is 26.3 Å². The van der Waals surface area contributed by atoms with Gasteiger partial charge < -0.3 is 20.1 Å². The van der Waals surface area contributed by atoms with Crippen LogP contribution in [0.25, 0.3) is 10.4 Å². The van der Waals surface area contributed by atoms with Crippen LogP contribution in [0.2, 0.25) is 0 Å². The Morgan fingerprint density at radius 2 is 2.00 bits per heavy atom. The number of piperidine rings is 1. The van der Waals surface area contributed by atoms with Crippen LogP contribution in [0.1, 0.15) is 22.5 Å². The maximum Gasteiger partial charge on any atom is 0.261 e. The van der Waals surface area contributed by atoms with Gasteiger partial charge in [-0.3, -0.25) is 4.79 Å². The molecule has 0 saturated carbocycles. The van der Waals surface area contributed by atoms with Crippen molar-refractivity contribution >= 4 is 29.7 Å². The summed E-state index contributed by atoms with van der Waals surface area (Å²) in [6.07, 6.45) is 2.15. The van der Waals surface area contributed by atoms with E-state index >= 15 is 0 Å². The van der Waals surface area contributed by atoms with E-state index in [9.17, 15) is 4.79 Å². The summed E-state index contributed by atoms with van der Waals surface area (Å²) in [6, 6.07) is 10.0. The number of halogens is 1. The van der Waals surface area contributed by atoms with Gasteiger partial charge in [0.15, 0.2) is 11.5 Å². The number of carbonyl (C=O) groups excluding carboxylic acids is 1. The molecule has 1 saturated heterocycles. The molecule has 3 heterocycles. The number of ether oxygens (including phenoxy) is 2. The summed E-state index contributed by atoms with van der Waals surface area (Å²) in [5, 5.41) is 6.43. The Balaban J connectivity index is 0.00000182. The molecule has 2 N–H and O–H groups in total. The number of carbonyl (C=O) groups is 1. The fourth-order valence-electron chi connectivity index (χ4n) is 3.04. The molecular weight excluding hydrogens is 360 g/mol. The predicted molar refractivity (Wildman–Crippen MR) is 101 cm³/mol. The molecule has 7 heteroatoms. The van der Waals surface area contributed by atoms with Crippen LogP contribution < -0.4 is 20.1 Å². The molecule has 0 bridgehead atoms. The lowest BCUT2D eigenvalue weighted by atomic mass is 10.1. The van der Waals surface area contributed by atoms with Crippen molar-refractivity contribution in [3.8, 4) is 21.9 Å². The number of thiophene rings is 1. The van der Waals surface area contributed by atoms with Gasteiger partial charge in [-0.1, -0.05) is 0 Å². The van der Waals surface area contributed by atoms with Gasteiger partial charge in [0.2, 0.25) is 0 Å². The van der Waals surface area contributed by atoms with E-state index in [0.717, 1.165) is 52.7 Å². The van der Waals surface area contributed by atoms with Gasteiger partial charge in [0, 0.05) is 17.5 Å². The second-order valence-electron chi connectivity index (χ2n) is 6.04. The molecule has 0 spiro atoms. The minimum absolute atomic E-state index is 0. The first-order valence-corrected chi connectivity index (χ1v) is 9.13. The summed E-state index contributed by atoms with van der Waals surface area (Å²) < 4.78 is 11.2. The summed E-state index contributed by atoms with van der Waals surface area (Å²) in [6.45, 7) is 3.06. The molecule has 1 aromatic carbocycles. The lowest BCUT2D eigenvalue weighted by Gasteiger charge is -2.23. The third-order valence-electron chi connectivity index (χ3n) is 4.29. The molecule has 1 amide bonds. The highest BCUT2D eigenvalue weighted by Crippen LogP contribution is 2.36. The van der Waals surface area contributed by atoms with Crippen molar-refractivity contribution in [2.24, 2.45) is 0 Å². The monoisotopic (exact) mass is 380 g/mol. The largest absolute Gasteiger partial charge is 0.486 e. The van der Waals surface area contributed by atoms with Crippen LogP contribution in [0.3, 0.4) is 0 Å². The summed E-state index contributed by atoms with van der Waals surface area (Å²) in [5.74, 6) is 1.56. The molecule has 4 rings (SSSR count). The Morgan fingerprint density at radius 3 is 2.80 bits per heavy atom. The molecule has 0 radical (unpaired) electrons. The van der Waals surface area contributed by atoms with Crippen molar-refractivity contribution in [2.45, 2.75) is 18.9 Å². The van der Waals surface area contributed by atoms with Crippen molar-refractivity contribution in [1.82, 2.24) is 10.6 Å². The molecule has 2 aliphatic heterocycles. The van der Waals surface area contributed by atoms with E-state index in [1.54, 1.807) is 0 Å². The molecule has 1 aromatic heterocycles. The second kappa shape index (κ2) is 8.08. The fourth-order valence-corrected chi connectivity index (χ4v) is 3.95. The van der Waals surface area contributed by atoms with Gasteiger partial charge in [0.1, 0.15) is 13.2 Å². The number of rotatable bonds is 3. The SMILES string of the molecule is Cl.O=C(NC1CCCNC1)c1ccc(-c2ccc3c(c2)OCCO3)s1. The highest BCUT2D eigenvalue weighted by atomic mass is 35.5. The van der Waals surface area contributed by atoms with Crippen LogP contribution in [0.4, 0.5) is 0 Å². The van der Waals surface area contributed by atoms with Crippen LogP contribution in [0.15, 0.2) is 30.3 Å². The maximum atomic E-state index is 12.4. The predicted octanol–water partition coefficient (Wildman–Crippen LogP) is 3.09. The highest BCUT2D eigenvalue weighted by molar-refractivity contribution is 7.17. The van der Waals surface area contributed by atoms with Crippen LogP contribution >= 0.6 is 23.7 Å². The van der Waals surface area contributed by atoms with Gasteiger partial charge in [0.25, 0.3) is 5.91 Å². The minimum atomic E-state index is 0. The van der Waals surface area contributed by atoms with Gasteiger partial charge >= 0.3 is 0 Å². The Bertz CT molecular complexity index is 744. The molecule has 134 valence electrons. The first-order chi connectivity index (χ1) is 11.8. The van der Waals surface area contributed by atoms with Crippen molar-refractivity contribution < 1.29 is 14.3 Å². The van der Waals surface area contributed by atoms with Gasteiger partial charge in [0.05, 0.1) is 4.88 Å². The molecule has 0 aliphatic carbocycles. The minimum Gasteiger partial charge on any atom is -0.486 e. The van der Waals surface area contributed by atoms with Gasteiger partial charge in [-0.05, 0) is 55.3 Å². The Morgan fingerprint density at radius 1 is 1.16 bits per heavy atom. The van der Waals surface area contributed by atoms with Crippen molar-refractivity contribution in [3.05, 3.63) is 35.2 Å². The standard InChI is InChI=1S/C18H20N2O3S.ClH/c21-18(20-13-2-1-7-19-11-13)17-6-5-16(24-17)12-3-4-14-15(10-12)23-9-8-22-14;/h3-6,10,13,19H,1-2,7-9,11H2,(H,20,21);1H. The Labute approximate surface area is 157 Å². The first kappa shape index (κ1) is 18.0. The number of benzene rings is 1. The average molecular weight is 381 g/mol. The third-order valence-corrected chi connectivity index (χ3v) is 5.42. The zero-order chi connectivity index (χ0) is 16.4. The summed E-state index contributed by atoms with van der Waals surface area (Å²) in [4.78, 5) is 14.2. The van der Waals surface area contributed by atoms with E-state index in [1.165, 1.54) is 11.3 Å².